The Bertz CT molecular complexity index is 466. The second-order valence-electron chi connectivity index (χ2n) is 5.31. The fourth-order valence-electron chi connectivity index (χ4n) is 2.23. The molecule has 0 bridgehead atoms. The van der Waals surface area contributed by atoms with E-state index < -0.39 is 12.6 Å². The highest BCUT2D eigenvalue weighted by molar-refractivity contribution is 5.69. The summed E-state index contributed by atoms with van der Waals surface area (Å²) >= 11 is 0. The van der Waals surface area contributed by atoms with E-state index in [1.165, 1.54) is 6.07 Å². The average molecular weight is 301 g/mol. The van der Waals surface area contributed by atoms with Gasteiger partial charge in [-0.1, -0.05) is 32.0 Å². The predicted molar refractivity (Wildman–Crippen MR) is 75.5 cm³/mol. The molecule has 118 valence electrons. The van der Waals surface area contributed by atoms with Gasteiger partial charge in [0.15, 0.2) is 0 Å². The Labute approximate surface area is 123 Å². The molecule has 0 saturated carbocycles. The van der Waals surface area contributed by atoms with Gasteiger partial charge in [0.2, 0.25) is 0 Å². The maximum absolute atomic E-state index is 12.5. The Morgan fingerprint density at radius 2 is 1.90 bits per heavy atom. The number of hydrogen-bond acceptors (Lipinski definition) is 3. The molecule has 0 heterocycles. The average Bonchev–Trinajstić information content (AvgIpc) is 2.36. The topological polar surface area (TPSA) is 49.8 Å². The van der Waals surface area contributed by atoms with Crippen LogP contribution in [0.4, 0.5) is 8.78 Å². The first-order chi connectivity index (χ1) is 9.81. The van der Waals surface area contributed by atoms with Crippen LogP contribution in [0.3, 0.4) is 0 Å². The smallest absolute Gasteiger partial charge is 0.387 e. The van der Waals surface area contributed by atoms with E-state index in [0.29, 0.717) is 12.1 Å². The number of ether oxygens (including phenoxy) is 1. The molecule has 21 heavy (non-hydrogen) atoms. The summed E-state index contributed by atoms with van der Waals surface area (Å²) in [5, 5.41) is 9.01. The second kappa shape index (κ2) is 7.93. The lowest BCUT2D eigenvalue weighted by Crippen LogP contribution is -2.35. The van der Waals surface area contributed by atoms with Crippen LogP contribution in [0.5, 0.6) is 5.75 Å². The minimum absolute atomic E-state index is 0.0825. The molecular weight excluding hydrogens is 280 g/mol. The molecule has 0 aliphatic rings. The number of carboxylic acid groups (broad SMARTS) is 1. The SMILES string of the molecule is CC(C)CN(CC(=O)O)C(C)c1ccccc1OC(F)F. The van der Waals surface area contributed by atoms with Crippen LogP contribution in [0.15, 0.2) is 24.3 Å². The van der Waals surface area contributed by atoms with Crippen LogP contribution >= 0.6 is 0 Å². The molecule has 0 spiro atoms. The Hall–Kier alpha value is -1.69. The van der Waals surface area contributed by atoms with E-state index in [1.54, 1.807) is 30.0 Å². The molecule has 0 saturated heterocycles. The van der Waals surface area contributed by atoms with Gasteiger partial charge in [0, 0.05) is 18.2 Å². The largest absolute Gasteiger partial charge is 0.480 e. The summed E-state index contributed by atoms with van der Waals surface area (Å²) in [6, 6.07) is 6.14. The first-order valence-corrected chi connectivity index (χ1v) is 6.80. The monoisotopic (exact) mass is 301 g/mol. The Morgan fingerprint density at radius 1 is 1.29 bits per heavy atom. The van der Waals surface area contributed by atoms with Crippen LogP contribution in [-0.4, -0.2) is 35.7 Å². The van der Waals surface area contributed by atoms with Gasteiger partial charge in [0.25, 0.3) is 0 Å². The molecule has 0 fully saturated rings. The number of rotatable bonds is 8. The zero-order valence-electron chi connectivity index (χ0n) is 12.4. The minimum Gasteiger partial charge on any atom is -0.480 e. The summed E-state index contributed by atoms with van der Waals surface area (Å²) in [5.41, 5.74) is 0.555. The number of nitrogens with zero attached hydrogens (tertiary/aromatic N) is 1. The van der Waals surface area contributed by atoms with Crippen LogP contribution in [0.25, 0.3) is 0 Å². The van der Waals surface area contributed by atoms with Gasteiger partial charge in [-0.3, -0.25) is 9.69 Å². The molecule has 1 aromatic carbocycles. The standard InChI is InChI=1S/C15H21F2NO3/c1-10(2)8-18(9-14(19)20)11(3)12-6-4-5-7-13(12)21-15(16)17/h4-7,10-11,15H,8-9H2,1-3H3,(H,19,20). The first-order valence-electron chi connectivity index (χ1n) is 6.80. The molecule has 0 aliphatic heterocycles. The van der Waals surface area contributed by atoms with E-state index in [2.05, 4.69) is 4.74 Å². The minimum atomic E-state index is -2.91. The van der Waals surface area contributed by atoms with E-state index >= 15 is 0 Å². The highest BCUT2D eigenvalue weighted by atomic mass is 19.3. The van der Waals surface area contributed by atoms with Crippen molar-refractivity contribution in [1.82, 2.24) is 4.90 Å². The summed E-state index contributed by atoms with van der Waals surface area (Å²) in [5.74, 6) is -0.608. The molecule has 1 N–H and O–H groups in total. The second-order valence-corrected chi connectivity index (χ2v) is 5.31. The lowest BCUT2D eigenvalue weighted by atomic mass is 10.0. The third-order valence-electron chi connectivity index (χ3n) is 3.07. The highest BCUT2D eigenvalue weighted by Gasteiger charge is 2.23. The van der Waals surface area contributed by atoms with Crippen molar-refractivity contribution in [2.45, 2.75) is 33.4 Å². The molecule has 1 rings (SSSR count). The van der Waals surface area contributed by atoms with Crippen molar-refractivity contribution in [2.24, 2.45) is 5.92 Å². The quantitative estimate of drug-likeness (QED) is 0.799. The lowest BCUT2D eigenvalue weighted by Gasteiger charge is -2.30. The summed E-state index contributed by atoms with van der Waals surface area (Å²) in [6.07, 6.45) is 0. The Balaban J connectivity index is 3.01. The van der Waals surface area contributed by atoms with E-state index in [0.717, 1.165) is 0 Å². The predicted octanol–water partition coefficient (Wildman–Crippen LogP) is 3.39. The first kappa shape index (κ1) is 17.4. The van der Waals surface area contributed by atoms with Crippen LogP contribution in [0.2, 0.25) is 0 Å². The van der Waals surface area contributed by atoms with Gasteiger partial charge in [-0.05, 0) is 18.9 Å². The van der Waals surface area contributed by atoms with Crippen LogP contribution in [0.1, 0.15) is 32.4 Å². The molecule has 0 amide bonds. The molecule has 4 nitrogen and oxygen atoms in total. The highest BCUT2D eigenvalue weighted by Crippen LogP contribution is 2.30. The van der Waals surface area contributed by atoms with Gasteiger partial charge in [0.05, 0.1) is 6.54 Å². The van der Waals surface area contributed by atoms with Crippen molar-refractivity contribution in [3.63, 3.8) is 0 Å². The third-order valence-corrected chi connectivity index (χ3v) is 3.07. The van der Waals surface area contributed by atoms with Gasteiger partial charge < -0.3 is 9.84 Å². The number of carboxylic acids is 1. The normalized spacial score (nSPS) is 13.0. The molecule has 1 unspecified atom stereocenters. The maximum atomic E-state index is 12.5. The van der Waals surface area contributed by atoms with Crippen molar-refractivity contribution in [3.8, 4) is 5.75 Å². The van der Waals surface area contributed by atoms with Crippen molar-refractivity contribution in [2.75, 3.05) is 13.1 Å². The van der Waals surface area contributed by atoms with Crippen molar-refractivity contribution < 1.29 is 23.4 Å². The number of benzene rings is 1. The summed E-state index contributed by atoms with van der Waals surface area (Å²) in [7, 11) is 0. The number of halogens is 2. The molecule has 1 atom stereocenters. The number of alkyl halides is 2. The third kappa shape index (κ3) is 5.67. The molecule has 0 aromatic heterocycles. The van der Waals surface area contributed by atoms with Crippen molar-refractivity contribution >= 4 is 5.97 Å². The lowest BCUT2D eigenvalue weighted by molar-refractivity contribution is -0.139. The fourth-order valence-corrected chi connectivity index (χ4v) is 2.23. The van der Waals surface area contributed by atoms with Gasteiger partial charge in [-0.2, -0.15) is 8.78 Å². The van der Waals surface area contributed by atoms with Gasteiger partial charge in [-0.15, -0.1) is 0 Å². The van der Waals surface area contributed by atoms with E-state index in [4.69, 9.17) is 5.11 Å². The van der Waals surface area contributed by atoms with E-state index in [-0.39, 0.29) is 24.3 Å². The van der Waals surface area contributed by atoms with Gasteiger partial charge in [0.1, 0.15) is 5.75 Å². The number of carbonyl (C=O) groups is 1. The summed E-state index contributed by atoms with van der Waals surface area (Å²) in [4.78, 5) is 12.7. The zero-order chi connectivity index (χ0) is 16.0. The van der Waals surface area contributed by atoms with Crippen LogP contribution in [-0.2, 0) is 4.79 Å². The zero-order valence-corrected chi connectivity index (χ0v) is 12.4. The van der Waals surface area contributed by atoms with Gasteiger partial charge in [-0.25, -0.2) is 0 Å². The summed E-state index contributed by atoms with van der Waals surface area (Å²) in [6.45, 7) is 3.24. The molecule has 0 aliphatic carbocycles. The molecule has 6 heteroatoms. The molecular formula is C15H21F2NO3. The van der Waals surface area contributed by atoms with Crippen molar-refractivity contribution in [1.29, 1.82) is 0 Å². The Kier molecular flexibility index (Phi) is 6.55. The molecule has 1 aromatic rings. The number of aliphatic carboxylic acids is 1. The van der Waals surface area contributed by atoms with Crippen LogP contribution in [0, 0.1) is 5.92 Å². The Morgan fingerprint density at radius 3 is 2.43 bits per heavy atom. The summed E-state index contributed by atoms with van der Waals surface area (Å²) < 4.78 is 29.4. The molecule has 0 radical (unpaired) electrons. The van der Waals surface area contributed by atoms with Gasteiger partial charge >= 0.3 is 12.6 Å². The van der Waals surface area contributed by atoms with Crippen LogP contribution < -0.4 is 4.74 Å². The van der Waals surface area contributed by atoms with Crippen molar-refractivity contribution in [3.05, 3.63) is 29.8 Å². The van der Waals surface area contributed by atoms with E-state index in [9.17, 15) is 13.6 Å². The number of para-hydroxylation sites is 1. The van der Waals surface area contributed by atoms with E-state index in [1.807, 2.05) is 13.8 Å². The maximum Gasteiger partial charge on any atom is 0.387 e. The fraction of sp³-hybridized carbons (Fsp3) is 0.533. The number of hydrogen-bond donors (Lipinski definition) is 1.